The van der Waals surface area contributed by atoms with Crippen molar-refractivity contribution in [1.29, 1.82) is 0 Å². The smallest absolute Gasteiger partial charge is 0.323 e. The zero-order chi connectivity index (χ0) is 16.8. The third kappa shape index (κ3) is 4.84. The third-order valence-electron chi connectivity index (χ3n) is 3.07. The Labute approximate surface area is 138 Å². The van der Waals surface area contributed by atoms with Crippen molar-refractivity contribution in [2.75, 3.05) is 24.4 Å². The lowest BCUT2D eigenvalue weighted by Crippen LogP contribution is -2.20. The molecule has 0 bridgehead atoms. The Balaban J connectivity index is 2.13. The largest absolute Gasteiger partial charge is 0.497 e. The van der Waals surface area contributed by atoms with Gasteiger partial charge in [-0.1, -0.05) is 17.7 Å². The molecule has 0 aromatic heterocycles. The van der Waals surface area contributed by atoms with Crippen LogP contribution in [-0.2, 0) is 6.42 Å². The molecule has 0 aliphatic carbocycles. The van der Waals surface area contributed by atoms with E-state index in [1.807, 2.05) is 0 Å². The molecule has 122 valence electrons. The Morgan fingerprint density at radius 1 is 1.26 bits per heavy atom. The van der Waals surface area contributed by atoms with Crippen molar-refractivity contribution in [2.45, 2.75) is 6.42 Å². The Kier molecular flexibility index (Phi) is 5.78. The summed E-state index contributed by atoms with van der Waals surface area (Å²) in [5, 5.41) is 14.6. The Hall–Kier alpha value is -2.31. The van der Waals surface area contributed by atoms with Gasteiger partial charge in [0, 0.05) is 29.1 Å². The number of carbonyl (C=O) groups is 1. The summed E-state index contributed by atoms with van der Waals surface area (Å²) in [5.74, 6) is 0.0194. The molecule has 0 radical (unpaired) electrons. The zero-order valence-electron chi connectivity index (χ0n) is 12.4. The topological polar surface area (TPSA) is 70.6 Å². The fourth-order valence-corrected chi connectivity index (χ4v) is 2.27. The summed E-state index contributed by atoms with van der Waals surface area (Å²) in [5.41, 5.74) is 1.37. The molecule has 0 fully saturated rings. The van der Waals surface area contributed by atoms with Gasteiger partial charge in [-0.2, -0.15) is 0 Å². The number of carbonyl (C=O) groups excluding carboxylic acids is 1. The highest BCUT2D eigenvalue weighted by molar-refractivity contribution is 6.31. The summed E-state index contributed by atoms with van der Waals surface area (Å²) >= 11 is 5.93. The van der Waals surface area contributed by atoms with Gasteiger partial charge in [0.05, 0.1) is 7.11 Å². The molecule has 0 atom stereocenters. The molecule has 2 aromatic rings. The van der Waals surface area contributed by atoms with E-state index in [1.54, 1.807) is 18.2 Å². The van der Waals surface area contributed by atoms with Gasteiger partial charge < -0.3 is 20.5 Å². The van der Waals surface area contributed by atoms with Crippen LogP contribution in [0.4, 0.5) is 20.6 Å². The minimum absolute atomic E-state index is 0.104. The van der Waals surface area contributed by atoms with E-state index in [0.717, 1.165) is 0 Å². The van der Waals surface area contributed by atoms with Gasteiger partial charge in [0.25, 0.3) is 0 Å². The molecule has 7 heteroatoms. The van der Waals surface area contributed by atoms with E-state index in [-0.39, 0.29) is 6.61 Å². The second kappa shape index (κ2) is 7.80. The van der Waals surface area contributed by atoms with Gasteiger partial charge in [-0.3, -0.25) is 0 Å². The summed E-state index contributed by atoms with van der Waals surface area (Å²) in [6.07, 6.45) is 0.306. The fourth-order valence-electron chi connectivity index (χ4n) is 2.04. The van der Waals surface area contributed by atoms with Gasteiger partial charge in [0.15, 0.2) is 0 Å². The number of benzene rings is 2. The summed E-state index contributed by atoms with van der Waals surface area (Å²) in [7, 11) is 1.49. The van der Waals surface area contributed by atoms with Gasteiger partial charge in [0.1, 0.15) is 11.6 Å². The minimum Gasteiger partial charge on any atom is -0.497 e. The zero-order valence-corrected chi connectivity index (χ0v) is 13.2. The molecule has 0 heterocycles. The van der Waals surface area contributed by atoms with E-state index in [9.17, 15) is 9.18 Å². The Bertz CT molecular complexity index is 710. The van der Waals surface area contributed by atoms with E-state index in [1.165, 1.54) is 25.3 Å². The maximum absolute atomic E-state index is 13.3. The van der Waals surface area contributed by atoms with Crippen molar-refractivity contribution in [1.82, 2.24) is 0 Å². The predicted molar refractivity (Wildman–Crippen MR) is 87.8 cm³/mol. The molecule has 0 unspecified atom stereocenters. The van der Waals surface area contributed by atoms with E-state index in [2.05, 4.69) is 10.6 Å². The van der Waals surface area contributed by atoms with Crippen molar-refractivity contribution in [3.63, 3.8) is 0 Å². The monoisotopic (exact) mass is 338 g/mol. The minimum atomic E-state index is -0.556. The van der Waals surface area contributed by atoms with Crippen molar-refractivity contribution >= 4 is 29.0 Å². The first-order chi connectivity index (χ1) is 11.0. The predicted octanol–water partition coefficient (Wildman–Crippen LogP) is 3.67. The van der Waals surface area contributed by atoms with Crippen molar-refractivity contribution < 1.29 is 19.0 Å². The van der Waals surface area contributed by atoms with Crippen molar-refractivity contribution in [3.05, 3.63) is 52.8 Å². The van der Waals surface area contributed by atoms with Crippen LogP contribution in [0.5, 0.6) is 5.75 Å². The SMILES string of the molecule is COc1cc(Cl)cc(NC(=O)Nc2cc(F)ccc2CCO)c1. The van der Waals surface area contributed by atoms with Crippen molar-refractivity contribution in [2.24, 2.45) is 0 Å². The second-order valence-electron chi connectivity index (χ2n) is 4.73. The molecule has 0 aliphatic rings. The van der Waals surface area contributed by atoms with Gasteiger partial charge >= 0.3 is 6.03 Å². The average molecular weight is 339 g/mol. The quantitative estimate of drug-likeness (QED) is 0.779. The highest BCUT2D eigenvalue weighted by Crippen LogP contribution is 2.24. The summed E-state index contributed by atoms with van der Waals surface area (Å²) in [6, 6.07) is 8.20. The van der Waals surface area contributed by atoms with Crippen LogP contribution < -0.4 is 15.4 Å². The summed E-state index contributed by atoms with van der Waals surface area (Å²) in [6.45, 7) is -0.104. The Morgan fingerprint density at radius 3 is 2.74 bits per heavy atom. The van der Waals surface area contributed by atoms with Crippen LogP contribution in [0.25, 0.3) is 0 Å². The summed E-state index contributed by atoms with van der Waals surface area (Å²) < 4.78 is 18.4. The number of halogens is 2. The van der Waals surface area contributed by atoms with Gasteiger partial charge in [0.2, 0.25) is 0 Å². The first kappa shape index (κ1) is 17.1. The van der Waals surface area contributed by atoms with Crippen LogP contribution in [0.1, 0.15) is 5.56 Å². The van der Waals surface area contributed by atoms with Crippen LogP contribution in [0, 0.1) is 5.82 Å². The van der Waals surface area contributed by atoms with E-state index < -0.39 is 11.8 Å². The number of hydrogen-bond donors (Lipinski definition) is 3. The highest BCUT2D eigenvalue weighted by Gasteiger charge is 2.09. The molecular formula is C16H16ClFN2O3. The second-order valence-corrected chi connectivity index (χ2v) is 5.17. The van der Waals surface area contributed by atoms with E-state index in [4.69, 9.17) is 21.4 Å². The van der Waals surface area contributed by atoms with Crippen LogP contribution >= 0.6 is 11.6 Å². The maximum Gasteiger partial charge on any atom is 0.323 e. The number of urea groups is 1. The number of methoxy groups -OCH3 is 1. The number of amides is 2. The molecule has 23 heavy (non-hydrogen) atoms. The molecule has 0 saturated heterocycles. The van der Waals surface area contributed by atoms with Gasteiger partial charge in [-0.05, 0) is 36.2 Å². The van der Waals surface area contributed by atoms with Gasteiger partial charge in [-0.25, -0.2) is 9.18 Å². The first-order valence-electron chi connectivity index (χ1n) is 6.83. The number of ether oxygens (including phenoxy) is 1. The average Bonchev–Trinajstić information content (AvgIpc) is 2.49. The molecule has 5 nitrogen and oxygen atoms in total. The number of nitrogens with one attached hydrogen (secondary N) is 2. The van der Waals surface area contributed by atoms with E-state index >= 15 is 0 Å². The summed E-state index contributed by atoms with van der Waals surface area (Å²) in [4.78, 5) is 12.1. The lowest BCUT2D eigenvalue weighted by atomic mass is 10.1. The lowest BCUT2D eigenvalue weighted by molar-refractivity contribution is 0.262. The number of aliphatic hydroxyl groups excluding tert-OH is 1. The lowest BCUT2D eigenvalue weighted by Gasteiger charge is -2.12. The number of anilines is 2. The normalized spacial score (nSPS) is 10.3. The van der Waals surface area contributed by atoms with E-state index in [0.29, 0.717) is 34.1 Å². The van der Waals surface area contributed by atoms with Crippen LogP contribution in [0.2, 0.25) is 5.02 Å². The molecule has 2 aromatic carbocycles. The molecule has 2 rings (SSSR count). The molecular weight excluding hydrogens is 323 g/mol. The molecule has 2 amide bonds. The van der Waals surface area contributed by atoms with Crippen LogP contribution in [0.3, 0.4) is 0 Å². The maximum atomic E-state index is 13.3. The van der Waals surface area contributed by atoms with Crippen LogP contribution in [0.15, 0.2) is 36.4 Å². The molecule has 3 N–H and O–H groups in total. The van der Waals surface area contributed by atoms with Crippen LogP contribution in [-0.4, -0.2) is 24.9 Å². The van der Waals surface area contributed by atoms with Crippen molar-refractivity contribution in [3.8, 4) is 5.75 Å². The molecule has 0 spiro atoms. The first-order valence-corrected chi connectivity index (χ1v) is 7.21. The standard InChI is InChI=1S/C16H16ClFN2O3/c1-23-14-7-11(17)6-13(9-14)19-16(22)20-15-8-12(18)3-2-10(15)4-5-21/h2-3,6-9,21H,4-5H2,1H3,(H2,19,20,22). The number of hydrogen-bond acceptors (Lipinski definition) is 3. The number of aliphatic hydroxyl groups is 1. The molecule has 0 saturated carbocycles. The van der Waals surface area contributed by atoms with Gasteiger partial charge in [-0.15, -0.1) is 0 Å². The highest BCUT2D eigenvalue weighted by atomic mass is 35.5. The number of rotatable bonds is 5. The fraction of sp³-hybridized carbons (Fsp3) is 0.188. The molecule has 0 aliphatic heterocycles. The Morgan fingerprint density at radius 2 is 2.04 bits per heavy atom. The third-order valence-corrected chi connectivity index (χ3v) is 3.28.